The zero-order chi connectivity index (χ0) is 16.7. The molecule has 0 aliphatic carbocycles. The molecule has 1 aliphatic heterocycles. The number of aryl methyl sites for hydroxylation is 1. The first-order valence-corrected chi connectivity index (χ1v) is 7.82. The molecule has 0 saturated heterocycles. The molecule has 0 spiro atoms. The fraction of sp³-hybridized carbons (Fsp3) is 0.100. The summed E-state index contributed by atoms with van der Waals surface area (Å²) in [5, 5.41) is 3.54. The van der Waals surface area contributed by atoms with E-state index >= 15 is 0 Å². The number of amides is 2. The number of benzene rings is 2. The number of nitrogens with one attached hydrogen (secondary N) is 1. The number of hydrogen-bond donors (Lipinski definition) is 1. The van der Waals surface area contributed by atoms with E-state index in [1.165, 1.54) is 0 Å². The van der Waals surface area contributed by atoms with Gasteiger partial charge in [-0.3, -0.25) is 14.9 Å². The Labute approximate surface area is 139 Å². The first-order chi connectivity index (χ1) is 11.6. The van der Waals surface area contributed by atoms with E-state index in [1.807, 2.05) is 72.4 Å². The lowest BCUT2D eigenvalue weighted by Crippen LogP contribution is -2.23. The monoisotopic (exact) mass is 316 g/mol. The van der Waals surface area contributed by atoms with Crippen LogP contribution in [0.5, 0.6) is 0 Å². The van der Waals surface area contributed by atoms with Gasteiger partial charge in [-0.15, -0.1) is 0 Å². The molecule has 0 fully saturated rings. The Kier molecular flexibility index (Phi) is 3.31. The number of carbonyl (C=O) groups excluding carboxylic acids is 2. The molecule has 0 unspecified atom stereocenters. The van der Waals surface area contributed by atoms with Crippen LogP contribution in [0.2, 0.25) is 0 Å². The van der Waals surface area contributed by atoms with Gasteiger partial charge in [0.1, 0.15) is 0 Å². The fourth-order valence-electron chi connectivity index (χ4n) is 3.33. The number of nitrogens with zero attached hydrogens (tertiary/aromatic N) is 1. The van der Waals surface area contributed by atoms with Crippen molar-refractivity contribution in [3.8, 4) is 0 Å². The highest BCUT2D eigenvalue weighted by molar-refractivity contribution is 6.36. The van der Waals surface area contributed by atoms with Gasteiger partial charge in [0, 0.05) is 36.1 Å². The van der Waals surface area contributed by atoms with E-state index in [0.29, 0.717) is 17.6 Å². The SMILES string of the molecule is Cn1cc(CC2=C(c3ccccc3)C(=O)NC2=O)c2ccccc21. The summed E-state index contributed by atoms with van der Waals surface area (Å²) >= 11 is 0. The van der Waals surface area contributed by atoms with Gasteiger partial charge in [-0.05, 0) is 17.2 Å². The number of aromatic nitrogens is 1. The van der Waals surface area contributed by atoms with Gasteiger partial charge in [-0.1, -0.05) is 48.5 Å². The molecule has 24 heavy (non-hydrogen) atoms. The molecule has 2 aromatic carbocycles. The predicted octanol–water partition coefficient (Wildman–Crippen LogP) is 2.83. The quantitative estimate of drug-likeness (QED) is 0.755. The Balaban J connectivity index is 1.85. The summed E-state index contributed by atoms with van der Waals surface area (Å²) in [6.45, 7) is 0. The van der Waals surface area contributed by atoms with Crippen LogP contribution in [-0.4, -0.2) is 16.4 Å². The summed E-state index contributed by atoms with van der Waals surface area (Å²) in [5.41, 5.74) is 3.94. The molecular weight excluding hydrogens is 300 g/mol. The molecular formula is C20H16N2O2. The molecule has 4 nitrogen and oxygen atoms in total. The number of hydrogen-bond acceptors (Lipinski definition) is 2. The van der Waals surface area contributed by atoms with Crippen LogP contribution in [0.15, 0.2) is 66.4 Å². The normalized spacial score (nSPS) is 14.5. The third-order valence-electron chi connectivity index (χ3n) is 4.44. The molecule has 0 bridgehead atoms. The van der Waals surface area contributed by atoms with Crippen molar-refractivity contribution in [2.45, 2.75) is 6.42 Å². The van der Waals surface area contributed by atoms with Crippen molar-refractivity contribution >= 4 is 28.3 Å². The van der Waals surface area contributed by atoms with Crippen molar-refractivity contribution in [3.63, 3.8) is 0 Å². The predicted molar refractivity (Wildman–Crippen MR) is 93.1 cm³/mol. The van der Waals surface area contributed by atoms with Crippen LogP contribution in [0.1, 0.15) is 11.1 Å². The summed E-state index contributed by atoms with van der Waals surface area (Å²) in [4.78, 5) is 24.6. The Morgan fingerprint density at radius 1 is 0.917 bits per heavy atom. The Morgan fingerprint density at radius 3 is 2.42 bits per heavy atom. The molecule has 4 heteroatoms. The minimum absolute atomic E-state index is 0.299. The lowest BCUT2D eigenvalue weighted by molar-refractivity contribution is -0.123. The summed E-state index contributed by atoms with van der Waals surface area (Å²) in [6, 6.07) is 17.4. The molecule has 0 saturated carbocycles. The molecule has 4 rings (SSSR count). The number of imide groups is 1. The molecule has 2 heterocycles. The van der Waals surface area contributed by atoms with Gasteiger partial charge in [0.2, 0.25) is 0 Å². The Hall–Kier alpha value is -3.14. The third-order valence-corrected chi connectivity index (χ3v) is 4.44. The molecule has 1 aromatic heterocycles. The molecule has 0 radical (unpaired) electrons. The fourth-order valence-corrected chi connectivity index (χ4v) is 3.33. The van der Waals surface area contributed by atoms with Crippen LogP contribution in [0.25, 0.3) is 16.5 Å². The zero-order valence-electron chi connectivity index (χ0n) is 13.2. The van der Waals surface area contributed by atoms with Crippen LogP contribution in [0.4, 0.5) is 0 Å². The molecule has 3 aromatic rings. The van der Waals surface area contributed by atoms with E-state index in [2.05, 4.69) is 5.32 Å². The van der Waals surface area contributed by atoms with E-state index in [1.54, 1.807) is 0 Å². The average Bonchev–Trinajstić information content (AvgIpc) is 3.06. The van der Waals surface area contributed by atoms with E-state index in [-0.39, 0.29) is 11.8 Å². The Bertz CT molecular complexity index is 997. The number of fused-ring (bicyclic) bond motifs is 1. The van der Waals surface area contributed by atoms with Gasteiger partial charge < -0.3 is 4.57 Å². The van der Waals surface area contributed by atoms with Gasteiger partial charge in [0.05, 0.1) is 5.57 Å². The largest absolute Gasteiger partial charge is 0.350 e. The molecule has 1 aliphatic rings. The summed E-state index contributed by atoms with van der Waals surface area (Å²) in [5.74, 6) is -0.617. The second-order valence-electron chi connectivity index (χ2n) is 5.96. The van der Waals surface area contributed by atoms with Gasteiger partial charge in [0.15, 0.2) is 0 Å². The second kappa shape index (κ2) is 5.49. The van der Waals surface area contributed by atoms with Crippen molar-refractivity contribution in [2.24, 2.45) is 7.05 Å². The van der Waals surface area contributed by atoms with Crippen molar-refractivity contribution in [3.05, 3.63) is 77.5 Å². The third kappa shape index (κ3) is 2.24. The zero-order valence-corrected chi connectivity index (χ0v) is 13.2. The van der Waals surface area contributed by atoms with Crippen molar-refractivity contribution in [1.29, 1.82) is 0 Å². The summed E-state index contributed by atoms with van der Waals surface area (Å²) < 4.78 is 2.04. The smallest absolute Gasteiger partial charge is 0.259 e. The molecule has 118 valence electrons. The number of para-hydroxylation sites is 1. The van der Waals surface area contributed by atoms with E-state index in [4.69, 9.17) is 0 Å². The van der Waals surface area contributed by atoms with Crippen LogP contribution in [0, 0.1) is 0 Å². The number of rotatable bonds is 3. The highest BCUT2D eigenvalue weighted by Gasteiger charge is 2.31. The van der Waals surface area contributed by atoms with Crippen molar-refractivity contribution in [2.75, 3.05) is 0 Å². The van der Waals surface area contributed by atoms with Gasteiger partial charge in [-0.2, -0.15) is 0 Å². The maximum Gasteiger partial charge on any atom is 0.259 e. The minimum Gasteiger partial charge on any atom is -0.350 e. The topological polar surface area (TPSA) is 51.1 Å². The molecule has 2 amide bonds. The lowest BCUT2D eigenvalue weighted by Gasteiger charge is -2.04. The second-order valence-corrected chi connectivity index (χ2v) is 5.96. The van der Waals surface area contributed by atoms with Crippen LogP contribution in [-0.2, 0) is 23.1 Å². The highest BCUT2D eigenvalue weighted by atomic mass is 16.2. The van der Waals surface area contributed by atoms with E-state index < -0.39 is 0 Å². The Morgan fingerprint density at radius 2 is 1.62 bits per heavy atom. The minimum atomic E-state index is -0.318. The lowest BCUT2D eigenvalue weighted by atomic mass is 9.96. The van der Waals surface area contributed by atoms with Crippen LogP contribution in [0.3, 0.4) is 0 Å². The molecule has 1 N–H and O–H groups in total. The summed E-state index contributed by atoms with van der Waals surface area (Å²) in [7, 11) is 1.98. The van der Waals surface area contributed by atoms with Gasteiger partial charge >= 0.3 is 0 Å². The van der Waals surface area contributed by atoms with E-state index in [0.717, 1.165) is 22.0 Å². The first kappa shape index (κ1) is 14.5. The standard InChI is InChI=1S/C20H16N2O2/c1-22-12-14(15-9-5-6-10-17(15)22)11-16-18(20(24)21-19(16)23)13-7-3-2-4-8-13/h2-10,12H,11H2,1H3,(H,21,23,24). The molecule has 0 atom stereocenters. The maximum atomic E-state index is 12.3. The van der Waals surface area contributed by atoms with Crippen molar-refractivity contribution in [1.82, 2.24) is 9.88 Å². The van der Waals surface area contributed by atoms with Gasteiger partial charge in [0.25, 0.3) is 11.8 Å². The van der Waals surface area contributed by atoms with E-state index in [9.17, 15) is 9.59 Å². The highest BCUT2D eigenvalue weighted by Crippen LogP contribution is 2.29. The first-order valence-electron chi connectivity index (χ1n) is 7.82. The summed E-state index contributed by atoms with van der Waals surface area (Å²) in [6.07, 6.45) is 2.46. The van der Waals surface area contributed by atoms with Crippen LogP contribution < -0.4 is 5.32 Å². The average molecular weight is 316 g/mol. The van der Waals surface area contributed by atoms with Crippen LogP contribution >= 0.6 is 0 Å². The van der Waals surface area contributed by atoms with Crippen molar-refractivity contribution < 1.29 is 9.59 Å². The van der Waals surface area contributed by atoms with Gasteiger partial charge in [-0.25, -0.2) is 0 Å². The maximum absolute atomic E-state index is 12.3. The number of carbonyl (C=O) groups is 2.